The molecular weight excluding hydrogens is 298 g/mol. The van der Waals surface area contributed by atoms with E-state index in [1.54, 1.807) is 5.32 Å². The normalized spacial score (nSPS) is 15.3. The number of halogens is 6. The third-order valence-electron chi connectivity index (χ3n) is 2.28. The molecule has 5 nitrogen and oxygen atoms in total. The first-order valence-electron chi connectivity index (χ1n) is 5.22. The summed E-state index contributed by atoms with van der Waals surface area (Å²) >= 11 is 0. The molecule has 118 valence electrons. The number of carboxylic acid groups (broad SMARTS) is 1. The number of carboxylic acids is 1. The molecule has 0 aliphatic rings. The smallest absolute Gasteiger partial charge is 0.422 e. The van der Waals surface area contributed by atoms with Gasteiger partial charge < -0.3 is 15.7 Å². The Morgan fingerprint density at radius 1 is 1.10 bits per heavy atom. The Balaban J connectivity index is 4.41. The molecular formula is C9H12F6N2O3. The van der Waals surface area contributed by atoms with Gasteiger partial charge in [-0.05, 0) is 13.3 Å². The zero-order valence-electron chi connectivity index (χ0n) is 10.2. The van der Waals surface area contributed by atoms with Crippen LogP contribution in [0, 0.1) is 0 Å². The maximum absolute atomic E-state index is 12.5. The van der Waals surface area contributed by atoms with Crippen molar-refractivity contribution in [2.24, 2.45) is 0 Å². The minimum atomic E-state index is -5.26. The van der Waals surface area contributed by atoms with Gasteiger partial charge in [-0.3, -0.25) is 0 Å². The molecule has 3 N–H and O–H groups in total. The molecule has 0 spiro atoms. The van der Waals surface area contributed by atoms with Gasteiger partial charge in [0.15, 0.2) is 0 Å². The first-order valence-corrected chi connectivity index (χ1v) is 5.22. The van der Waals surface area contributed by atoms with Gasteiger partial charge in [-0.1, -0.05) is 0 Å². The van der Waals surface area contributed by atoms with E-state index in [4.69, 9.17) is 5.11 Å². The fraction of sp³-hybridized carbons (Fsp3) is 0.778. The summed E-state index contributed by atoms with van der Waals surface area (Å²) < 4.78 is 72.7. The minimum absolute atomic E-state index is 0.227. The summed E-state index contributed by atoms with van der Waals surface area (Å²) in [6.45, 7) is -0.316. The quantitative estimate of drug-likeness (QED) is 0.537. The van der Waals surface area contributed by atoms with Crippen molar-refractivity contribution in [2.75, 3.05) is 6.54 Å². The first kappa shape index (κ1) is 18.3. The van der Waals surface area contributed by atoms with Crippen LogP contribution in [0.15, 0.2) is 0 Å². The number of alkyl halides is 6. The maximum Gasteiger partial charge on any atom is 0.422 e. The van der Waals surface area contributed by atoms with Crippen molar-refractivity contribution in [2.45, 2.75) is 37.7 Å². The average Bonchev–Trinajstić information content (AvgIpc) is 2.21. The van der Waals surface area contributed by atoms with Crippen LogP contribution in [0.25, 0.3) is 0 Å². The first-order chi connectivity index (χ1) is 8.79. The molecule has 0 saturated carbocycles. The Bertz CT molecular complexity index is 368. The van der Waals surface area contributed by atoms with Crippen molar-refractivity contribution in [3.05, 3.63) is 0 Å². The van der Waals surface area contributed by atoms with E-state index in [0.717, 1.165) is 0 Å². The number of hydrogen-bond donors (Lipinski definition) is 3. The van der Waals surface area contributed by atoms with Gasteiger partial charge in [-0.25, -0.2) is 9.59 Å². The Morgan fingerprint density at radius 2 is 1.60 bits per heavy atom. The van der Waals surface area contributed by atoms with Crippen LogP contribution in [-0.2, 0) is 4.79 Å². The molecule has 0 heterocycles. The summed E-state index contributed by atoms with van der Waals surface area (Å²) in [5, 5.41) is 11.4. The number of amides is 2. The molecule has 0 aromatic heterocycles. The number of urea groups is 1. The van der Waals surface area contributed by atoms with Crippen LogP contribution in [0.4, 0.5) is 31.1 Å². The van der Waals surface area contributed by atoms with Crippen LogP contribution in [0.3, 0.4) is 0 Å². The van der Waals surface area contributed by atoms with Crippen molar-refractivity contribution in [3.8, 4) is 0 Å². The molecule has 0 fully saturated rings. The van der Waals surface area contributed by atoms with Crippen molar-refractivity contribution < 1.29 is 41.0 Å². The molecule has 2 amide bonds. The van der Waals surface area contributed by atoms with Crippen LogP contribution in [-0.4, -0.2) is 41.5 Å². The summed E-state index contributed by atoms with van der Waals surface area (Å²) in [5.74, 6) is -2.34. The standard InChI is InChI=1S/C9H12F6N2O3/c1-7(5(18)19,9(13,14)15)17-6(20)16-4-2-3-8(10,11)12/h2-4H2,1H3,(H,18,19)(H2,16,17,20). The Hall–Kier alpha value is -1.68. The summed E-state index contributed by atoms with van der Waals surface area (Å²) in [5.41, 5.74) is -3.53. The molecule has 0 aliphatic heterocycles. The highest BCUT2D eigenvalue weighted by Gasteiger charge is 2.58. The van der Waals surface area contributed by atoms with Gasteiger partial charge in [0, 0.05) is 13.0 Å². The number of rotatable bonds is 5. The predicted molar refractivity (Wildman–Crippen MR) is 53.9 cm³/mol. The number of carbonyl (C=O) groups excluding carboxylic acids is 1. The van der Waals surface area contributed by atoms with E-state index < -0.39 is 49.3 Å². The van der Waals surface area contributed by atoms with Gasteiger partial charge in [0.1, 0.15) is 0 Å². The van der Waals surface area contributed by atoms with Gasteiger partial charge in [0.25, 0.3) is 0 Å². The lowest BCUT2D eigenvalue weighted by Gasteiger charge is -2.28. The van der Waals surface area contributed by atoms with Crippen LogP contribution in [0.5, 0.6) is 0 Å². The molecule has 0 bridgehead atoms. The maximum atomic E-state index is 12.5. The number of hydrogen-bond acceptors (Lipinski definition) is 2. The lowest BCUT2D eigenvalue weighted by atomic mass is 10.0. The van der Waals surface area contributed by atoms with E-state index >= 15 is 0 Å². The van der Waals surface area contributed by atoms with E-state index in [1.165, 1.54) is 5.32 Å². The van der Waals surface area contributed by atoms with Crippen LogP contribution in [0.2, 0.25) is 0 Å². The number of aliphatic carboxylic acids is 1. The topological polar surface area (TPSA) is 78.4 Å². The molecule has 1 unspecified atom stereocenters. The lowest BCUT2D eigenvalue weighted by Crippen LogP contribution is -2.63. The molecule has 0 rings (SSSR count). The fourth-order valence-corrected chi connectivity index (χ4v) is 1.01. The van der Waals surface area contributed by atoms with E-state index in [2.05, 4.69) is 0 Å². The van der Waals surface area contributed by atoms with Gasteiger partial charge >= 0.3 is 24.4 Å². The van der Waals surface area contributed by atoms with Crippen molar-refractivity contribution in [1.29, 1.82) is 0 Å². The largest absolute Gasteiger partial charge is 0.479 e. The second kappa shape index (κ2) is 6.18. The highest BCUT2D eigenvalue weighted by atomic mass is 19.4. The van der Waals surface area contributed by atoms with Gasteiger partial charge in [0.05, 0.1) is 0 Å². The predicted octanol–water partition coefficient (Wildman–Crippen LogP) is 2.03. The Kier molecular flexibility index (Phi) is 5.66. The Morgan fingerprint density at radius 3 is 1.95 bits per heavy atom. The third-order valence-corrected chi connectivity index (χ3v) is 2.28. The number of carbonyl (C=O) groups is 2. The molecule has 11 heteroatoms. The van der Waals surface area contributed by atoms with Crippen molar-refractivity contribution >= 4 is 12.0 Å². The average molecular weight is 310 g/mol. The van der Waals surface area contributed by atoms with Crippen LogP contribution >= 0.6 is 0 Å². The molecule has 0 saturated heterocycles. The van der Waals surface area contributed by atoms with Gasteiger partial charge in [-0.15, -0.1) is 0 Å². The lowest BCUT2D eigenvalue weighted by molar-refractivity contribution is -0.203. The van der Waals surface area contributed by atoms with Gasteiger partial charge in [-0.2, -0.15) is 26.3 Å². The summed E-state index contributed by atoms with van der Waals surface area (Å²) in [6, 6.07) is -1.52. The molecule has 0 aliphatic carbocycles. The third kappa shape index (κ3) is 5.53. The van der Waals surface area contributed by atoms with E-state index in [-0.39, 0.29) is 6.92 Å². The fourth-order valence-electron chi connectivity index (χ4n) is 1.01. The minimum Gasteiger partial charge on any atom is -0.479 e. The highest BCUT2D eigenvalue weighted by Crippen LogP contribution is 2.30. The SMILES string of the molecule is CC(NC(=O)NCCCC(F)(F)F)(C(=O)O)C(F)(F)F. The zero-order chi connectivity index (χ0) is 16.2. The van der Waals surface area contributed by atoms with E-state index in [9.17, 15) is 35.9 Å². The molecule has 0 radical (unpaired) electrons. The van der Waals surface area contributed by atoms with E-state index in [0.29, 0.717) is 0 Å². The Labute approximate surface area is 109 Å². The van der Waals surface area contributed by atoms with Crippen molar-refractivity contribution in [3.63, 3.8) is 0 Å². The molecule has 20 heavy (non-hydrogen) atoms. The van der Waals surface area contributed by atoms with Gasteiger partial charge in [0.2, 0.25) is 5.54 Å². The number of nitrogens with one attached hydrogen (secondary N) is 2. The second-order valence-corrected chi connectivity index (χ2v) is 4.03. The van der Waals surface area contributed by atoms with Crippen LogP contribution < -0.4 is 10.6 Å². The van der Waals surface area contributed by atoms with E-state index in [1.807, 2.05) is 0 Å². The van der Waals surface area contributed by atoms with Crippen molar-refractivity contribution in [1.82, 2.24) is 10.6 Å². The molecule has 1 atom stereocenters. The summed E-state index contributed by atoms with van der Waals surface area (Å²) in [6.07, 6.45) is -11.5. The second-order valence-electron chi connectivity index (χ2n) is 4.03. The highest BCUT2D eigenvalue weighted by molar-refractivity contribution is 5.86. The molecule has 0 aromatic carbocycles. The summed E-state index contributed by atoms with van der Waals surface area (Å²) in [7, 11) is 0. The van der Waals surface area contributed by atoms with Crippen LogP contribution in [0.1, 0.15) is 19.8 Å². The summed E-state index contributed by atoms with van der Waals surface area (Å²) in [4.78, 5) is 21.6. The monoisotopic (exact) mass is 310 g/mol. The zero-order valence-corrected chi connectivity index (χ0v) is 10.2. The molecule has 0 aromatic rings.